The Morgan fingerprint density at radius 1 is 1.12 bits per heavy atom. The van der Waals surface area contributed by atoms with E-state index in [1.54, 1.807) is 0 Å². The van der Waals surface area contributed by atoms with Gasteiger partial charge in [0, 0.05) is 44.0 Å². The van der Waals surface area contributed by atoms with Crippen molar-refractivity contribution in [1.82, 2.24) is 14.9 Å². The number of benzene rings is 1. The van der Waals surface area contributed by atoms with E-state index in [0.29, 0.717) is 11.9 Å². The average Bonchev–Trinajstić information content (AvgIpc) is 2.60. The van der Waals surface area contributed by atoms with Crippen LogP contribution in [0.4, 0.5) is 11.8 Å². The van der Waals surface area contributed by atoms with Gasteiger partial charge in [0.1, 0.15) is 5.82 Å². The molecular formula is C19H27N5. The van der Waals surface area contributed by atoms with Crippen LogP contribution < -0.4 is 10.6 Å². The summed E-state index contributed by atoms with van der Waals surface area (Å²) in [6.45, 7) is 7.20. The van der Waals surface area contributed by atoms with Gasteiger partial charge < -0.3 is 10.6 Å². The fourth-order valence-corrected chi connectivity index (χ4v) is 3.26. The van der Waals surface area contributed by atoms with Crippen molar-refractivity contribution < 1.29 is 0 Å². The minimum atomic E-state index is 0.471. The molecule has 1 aliphatic rings. The lowest BCUT2D eigenvalue weighted by atomic mass is 10.0. The number of aryl methyl sites for hydroxylation is 1. The molecule has 1 aromatic heterocycles. The van der Waals surface area contributed by atoms with E-state index in [9.17, 15) is 0 Å². The van der Waals surface area contributed by atoms with Crippen LogP contribution in [-0.4, -0.2) is 41.0 Å². The maximum Gasteiger partial charge on any atom is 0.227 e. The Morgan fingerprint density at radius 3 is 2.42 bits per heavy atom. The molecule has 5 heteroatoms. The van der Waals surface area contributed by atoms with Gasteiger partial charge >= 0.3 is 0 Å². The summed E-state index contributed by atoms with van der Waals surface area (Å²) in [4.78, 5) is 13.8. The number of piperidine rings is 1. The number of hydrogen-bond donors (Lipinski definition) is 1. The van der Waals surface area contributed by atoms with E-state index in [1.807, 2.05) is 13.8 Å². The Bertz CT molecular complexity index is 654. The zero-order chi connectivity index (χ0) is 17.1. The van der Waals surface area contributed by atoms with E-state index in [-0.39, 0.29) is 0 Å². The highest BCUT2D eigenvalue weighted by Crippen LogP contribution is 2.23. The van der Waals surface area contributed by atoms with Gasteiger partial charge in [-0.3, -0.25) is 4.90 Å². The number of nitrogens with two attached hydrogens (primary N) is 1. The molecule has 0 amide bonds. The molecule has 0 radical (unpaired) electrons. The molecule has 5 nitrogen and oxygen atoms in total. The van der Waals surface area contributed by atoms with Gasteiger partial charge in [-0.2, -0.15) is 4.98 Å². The predicted molar refractivity (Wildman–Crippen MR) is 99.1 cm³/mol. The second-order valence-electron chi connectivity index (χ2n) is 6.72. The molecule has 128 valence electrons. The van der Waals surface area contributed by atoms with Crippen LogP contribution in [-0.2, 0) is 6.54 Å². The van der Waals surface area contributed by atoms with Gasteiger partial charge in [-0.25, -0.2) is 4.98 Å². The molecule has 1 aliphatic heterocycles. The Balaban J connectivity index is 1.60. The second kappa shape index (κ2) is 7.18. The van der Waals surface area contributed by atoms with Gasteiger partial charge in [0.05, 0.1) is 0 Å². The lowest BCUT2D eigenvalue weighted by Crippen LogP contribution is -2.43. The normalized spacial score (nSPS) is 16.3. The van der Waals surface area contributed by atoms with Gasteiger partial charge in [-0.05, 0) is 32.3 Å². The first kappa shape index (κ1) is 16.7. The summed E-state index contributed by atoms with van der Waals surface area (Å²) in [6.07, 6.45) is 2.25. The summed E-state index contributed by atoms with van der Waals surface area (Å²) in [5.41, 5.74) is 9.34. The first-order valence-electron chi connectivity index (χ1n) is 8.64. The monoisotopic (exact) mass is 325 g/mol. The molecule has 0 aliphatic carbocycles. The van der Waals surface area contributed by atoms with Gasteiger partial charge in [-0.1, -0.05) is 30.3 Å². The number of rotatable bonds is 4. The van der Waals surface area contributed by atoms with Crippen molar-refractivity contribution in [2.24, 2.45) is 0 Å². The van der Waals surface area contributed by atoms with E-state index in [1.165, 1.54) is 5.56 Å². The zero-order valence-corrected chi connectivity index (χ0v) is 14.9. The van der Waals surface area contributed by atoms with Crippen LogP contribution in [0.25, 0.3) is 0 Å². The molecular weight excluding hydrogens is 298 g/mol. The first-order valence-corrected chi connectivity index (χ1v) is 8.64. The fourth-order valence-electron chi connectivity index (χ4n) is 3.26. The molecule has 1 aromatic carbocycles. The summed E-state index contributed by atoms with van der Waals surface area (Å²) < 4.78 is 0. The topological polar surface area (TPSA) is 58.3 Å². The molecule has 1 fully saturated rings. The van der Waals surface area contributed by atoms with Crippen LogP contribution >= 0.6 is 0 Å². The summed E-state index contributed by atoms with van der Waals surface area (Å²) in [7, 11) is 2.08. The number of aromatic nitrogens is 2. The van der Waals surface area contributed by atoms with Crippen LogP contribution in [0, 0.1) is 13.8 Å². The van der Waals surface area contributed by atoms with Crippen LogP contribution in [0.15, 0.2) is 30.3 Å². The van der Waals surface area contributed by atoms with Crippen molar-refractivity contribution in [2.75, 3.05) is 30.8 Å². The molecule has 2 heterocycles. The molecule has 2 aromatic rings. The van der Waals surface area contributed by atoms with Gasteiger partial charge in [-0.15, -0.1) is 0 Å². The summed E-state index contributed by atoms with van der Waals surface area (Å²) in [5.74, 6) is 1.34. The molecule has 2 N–H and O–H groups in total. The van der Waals surface area contributed by atoms with Gasteiger partial charge in [0.15, 0.2) is 0 Å². The van der Waals surface area contributed by atoms with Crippen LogP contribution in [0.3, 0.4) is 0 Å². The van der Waals surface area contributed by atoms with E-state index < -0.39 is 0 Å². The fraction of sp³-hybridized carbons (Fsp3) is 0.474. The maximum absolute atomic E-state index is 6.01. The quantitative estimate of drug-likeness (QED) is 0.937. The molecule has 0 bridgehead atoms. The Hall–Kier alpha value is -2.14. The SMILES string of the molecule is Cc1nc(N(C)C2CCN(Cc3ccccc3)CC2)nc(N)c1C. The van der Waals surface area contributed by atoms with Crippen LogP contribution in [0.5, 0.6) is 0 Å². The van der Waals surface area contributed by atoms with Gasteiger partial charge in [0.2, 0.25) is 5.95 Å². The van der Waals surface area contributed by atoms with Crippen molar-refractivity contribution in [1.29, 1.82) is 0 Å². The number of anilines is 2. The molecule has 3 rings (SSSR count). The largest absolute Gasteiger partial charge is 0.383 e. The molecule has 0 saturated carbocycles. The smallest absolute Gasteiger partial charge is 0.227 e. The van der Waals surface area contributed by atoms with Gasteiger partial charge in [0.25, 0.3) is 0 Å². The Morgan fingerprint density at radius 2 is 1.79 bits per heavy atom. The zero-order valence-electron chi connectivity index (χ0n) is 14.9. The maximum atomic E-state index is 6.01. The van der Waals surface area contributed by atoms with Crippen LogP contribution in [0.2, 0.25) is 0 Å². The average molecular weight is 325 g/mol. The second-order valence-corrected chi connectivity index (χ2v) is 6.72. The highest BCUT2D eigenvalue weighted by molar-refractivity contribution is 5.47. The third kappa shape index (κ3) is 3.67. The lowest BCUT2D eigenvalue weighted by molar-refractivity contribution is 0.203. The molecule has 0 spiro atoms. The van der Waals surface area contributed by atoms with Crippen LogP contribution in [0.1, 0.15) is 29.7 Å². The van der Waals surface area contributed by atoms with E-state index in [4.69, 9.17) is 5.73 Å². The number of likely N-dealkylation sites (tertiary alicyclic amines) is 1. The van der Waals surface area contributed by atoms with E-state index in [0.717, 1.165) is 49.7 Å². The Labute approximate surface area is 144 Å². The minimum Gasteiger partial charge on any atom is -0.383 e. The third-order valence-corrected chi connectivity index (χ3v) is 5.08. The molecule has 0 unspecified atom stereocenters. The summed E-state index contributed by atoms with van der Waals surface area (Å²) in [5, 5.41) is 0. The number of hydrogen-bond acceptors (Lipinski definition) is 5. The van der Waals surface area contributed by atoms with Crippen molar-refractivity contribution >= 4 is 11.8 Å². The highest BCUT2D eigenvalue weighted by atomic mass is 15.3. The van der Waals surface area contributed by atoms with E-state index >= 15 is 0 Å². The predicted octanol–water partition coefficient (Wildman–Crippen LogP) is 2.78. The molecule has 1 saturated heterocycles. The van der Waals surface area contributed by atoms with Crippen molar-refractivity contribution in [3.8, 4) is 0 Å². The van der Waals surface area contributed by atoms with Crippen molar-refractivity contribution in [2.45, 2.75) is 39.3 Å². The Kier molecular flexibility index (Phi) is 5.00. The summed E-state index contributed by atoms with van der Waals surface area (Å²) >= 11 is 0. The standard InChI is InChI=1S/C19H27N5/c1-14-15(2)21-19(22-18(14)20)23(3)17-9-11-24(12-10-17)13-16-7-5-4-6-8-16/h4-8,17H,9-13H2,1-3H3,(H2,20,21,22). The number of nitrogens with zero attached hydrogens (tertiary/aromatic N) is 4. The molecule has 0 atom stereocenters. The number of nitrogen functional groups attached to an aromatic ring is 1. The van der Waals surface area contributed by atoms with Crippen molar-refractivity contribution in [3.05, 3.63) is 47.2 Å². The van der Waals surface area contributed by atoms with Crippen molar-refractivity contribution in [3.63, 3.8) is 0 Å². The minimum absolute atomic E-state index is 0.471. The van der Waals surface area contributed by atoms with E-state index in [2.05, 4.69) is 57.1 Å². The lowest BCUT2D eigenvalue weighted by Gasteiger charge is -2.37. The molecule has 24 heavy (non-hydrogen) atoms. The highest BCUT2D eigenvalue weighted by Gasteiger charge is 2.24. The third-order valence-electron chi connectivity index (χ3n) is 5.08. The summed E-state index contributed by atoms with van der Waals surface area (Å²) in [6, 6.07) is 11.2. The first-order chi connectivity index (χ1) is 11.5.